The Morgan fingerprint density at radius 3 is 2.75 bits per heavy atom. The number of phenols is 1. The minimum absolute atomic E-state index is 0.296. The molecule has 2 aliphatic rings. The zero-order valence-electron chi connectivity index (χ0n) is 18.3. The highest BCUT2D eigenvalue weighted by atomic mass is 16.3. The van der Waals surface area contributed by atoms with Gasteiger partial charge in [0.1, 0.15) is 17.3 Å². The summed E-state index contributed by atoms with van der Waals surface area (Å²) in [5.74, 6) is 1.81. The zero-order chi connectivity index (χ0) is 21.8. The molecule has 0 aliphatic carbocycles. The molecule has 8 heteroatoms. The summed E-state index contributed by atoms with van der Waals surface area (Å²) >= 11 is 0. The molecule has 2 atom stereocenters. The molecule has 6 rings (SSSR count). The Bertz CT molecular complexity index is 1290. The summed E-state index contributed by atoms with van der Waals surface area (Å²) in [6.45, 7) is 5.13. The highest BCUT2D eigenvalue weighted by molar-refractivity contribution is 5.94. The monoisotopic (exact) mass is 429 g/mol. The molecule has 0 amide bonds. The highest BCUT2D eigenvalue weighted by Gasteiger charge is 2.41. The summed E-state index contributed by atoms with van der Waals surface area (Å²) in [5.41, 5.74) is 5.03. The molecule has 3 N–H and O–H groups in total. The Morgan fingerprint density at radius 2 is 1.97 bits per heavy atom. The third-order valence-electron chi connectivity index (χ3n) is 7.07. The number of likely N-dealkylation sites (N-methyl/N-ethyl adjacent to an activating group) is 1. The number of aryl methyl sites for hydroxylation is 1. The van der Waals surface area contributed by atoms with Gasteiger partial charge in [-0.3, -0.25) is 15.1 Å². The van der Waals surface area contributed by atoms with Gasteiger partial charge >= 0.3 is 0 Å². The van der Waals surface area contributed by atoms with Gasteiger partial charge in [-0.05, 0) is 60.8 Å². The van der Waals surface area contributed by atoms with Gasteiger partial charge in [0.25, 0.3) is 0 Å². The lowest BCUT2D eigenvalue weighted by atomic mass is 9.97. The van der Waals surface area contributed by atoms with E-state index < -0.39 is 0 Å². The first-order chi connectivity index (χ1) is 15.6. The van der Waals surface area contributed by atoms with E-state index in [2.05, 4.69) is 62.4 Å². The Morgan fingerprint density at radius 1 is 1.06 bits per heavy atom. The Balaban J connectivity index is 1.26. The molecule has 0 radical (unpaired) electrons. The highest BCUT2D eigenvalue weighted by Crippen LogP contribution is 2.33. The van der Waals surface area contributed by atoms with Crippen LogP contribution in [0.5, 0.6) is 5.75 Å². The van der Waals surface area contributed by atoms with Crippen molar-refractivity contribution in [2.24, 2.45) is 0 Å². The van der Waals surface area contributed by atoms with Crippen molar-refractivity contribution in [2.75, 3.05) is 20.1 Å². The number of nitrogens with one attached hydrogen (secondary N) is 2. The van der Waals surface area contributed by atoms with Crippen LogP contribution in [0.25, 0.3) is 33.5 Å². The number of benzene rings is 2. The van der Waals surface area contributed by atoms with Crippen LogP contribution in [0.1, 0.15) is 24.7 Å². The SMILES string of the molecule is CCc1cc(O)ccc1-c1ccc2c(-c3n[nH]c(CN4C[C@@H]5C[C@H]4CN5C)n3)n[nH]c2c1. The van der Waals surface area contributed by atoms with E-state index >= 15 is 0 Å². The number of piperazine rings is 1. The molecule has 164 valence electrons. The number of nitrogens with zero attached hydrogens (tertiary/aromatic N) is 5. The first-order valence-corrected chi connectivity index (χ1v) is 11.3. The minimum Gasteiger partial charge on any atom is -0.508 e. The van der Waals surface area contributed by atoms with E-state index in [1.165, 1.54) is 6.42 Å². The van der Waals surface area contributed by atoms with Gasteiger partial charge in [0.2, 0.25) is 5.82 Å². The molecule has 0 unspecified atom stereocenters. The fourth-order valence-corrected chi connectivity index (χ4v) is 5.32. The number of likely N-dealkylation sites (tertiary alicyclic amines) is 2. The van der Waals surface area contributed by atoms with Crippen LogP contribution in [0.3, 0.4) is 0 Å². The maximum absolute atomic E-state index is 9.81. The van der Waals surface area contributed by atoms with E-state index in [9.17, 15) is 5.11 Å². The molecule has 2 aromatic heterocycles. The van der Waals surface area contributed by atoms with Gasteiger partial charge in [-0.25, -0.2) is 4.98 Å². The lowest BCUT2D eigenvalue weighted by Crippen LogP contribution is -2.44. The number of hydrogen-bond donors (Lipinski definition) is 3. The van der Waals surface area contributed by atoms with Gasteiger partial charge in [-0.15, -0.1) is 0 Å². The number of fused-ring (bicyclic) bond motifs is 3. The molecular formula is C24H27N7O. The van der Waals surface area contributed by atoms with Gasteiger partial charge in [0.05, 0.1) is 12.1 Å². The first kappa shape index (κ1) is 19.5. The number of phenolic OH excluding ortho intramolecular Hbond substituents is 1. The standard InChI is InChI=1S/C24H27N7O/c1-3-14-8-18(32)5-7-19(14)15-4-6-20-21(9-15)26-28-23(20)24-25-22(27-29-24)13-31-12-16-10-17(31)11-30(16)2/h4-9,16-17,32H,3,10-13H2,1-2H3,(H,26,28)(H,25,27,29)/t16-,17-/m0/s1. The molecule has 0 spiro atoms. The fourth-order valence-electron chi connectivity index (χ4n) is 5.32. The van der Waals surface area contributed by atoms with Gasteiger partial charge in [-0.1, -0.05) is 19.1 Å². The van der Waals surface area contributed by atoms with Crippen LogP contribution in [-0.4, -0.2) is 72.5 Å². The van der Waals surface area contributed by atoms with E-state index in [4.69, 9.17) is 4.98 Å². The molecule has 4 heterocycles. The normalized spacial score (nSPS) is 21.2. The molecule has 2 saturated heterocycles. The second kappa shape index (κ2) is 7.43. The van der Waals surface area contributed by atoms with Crippen molar-refractivity contribution < 1.29 is 5.11 Å². The number of hydrogen-bond acceptors (Lipinski definition) is 6. The first-order valence-electron chi connectivity index (χ1n) is 11.3. The quantitative estimate of drug-likeness (QED) is 0.451. The second-order valence-corrected chi connectivity index (χ2v) is 9.05. The number of aromatic amines is 2. The van der Waals surface area contributed by atoms with E-state index in [-0.39, 0.29) is 0 Å². The van der Waals surface area contributed by atoms with Crippen molar-refractivity contribution in [3.05, 3.63) is 47.8 Å². The predicted octanol–water partition coefficient (Wildman–Crippen LogP) is 3.17. The van der Waals surface area contributed by atoms with Gasteiger partial charge < -0.3 is 10.0 Å². The van der Waals surface area contributed by atoms with Gasteiger partial charge in [-0.2, -0.15) is 10.2 Å². The lowest BCUT2D eigenvalue weighted by Gasteiger charge is -2.31. The van der Waals surface area contributed by atoms with Crippen molar-refractivity contribution in [1.82, 2.24) is 35.2 Å². The third-order valence-corrected chi connectivity index (χ3v) is 7.07. The van der Waals surface area contributed by atoms with Crippen molar-refractivity contribution in [2.45, 2.75) is 38.4 Å². The van der Waals surface area contributed by atoms with E-state index in [0.29, 0.717) is 23.7 Å². The minimum atomic E-state index is 0.296. The summed E-state index contributed by atoms with van der Waals surface area (Å²) < 4.78 is 0. The molecule has 2 aliphatic heterocycles. The predicted molar refractivity (Wildman–Crippen MR) is 123 cm³/mol. The lowest BCUT2D eigenvalue weighted by molar-refractivity contribution is 0.141. The van der Waals surface area contributed by atoms with Gasteiger partial charge in [0, 0.05) is 30.6 Å². The number of aromatic hydroxyl groups is 1. The summed E-state index contributed by atoms with van der Waals surface area (Å²) in [6.07, 6.45) is 2.11. The number of rotatable bonds is 5. The van der Waals surface area contributed by atoms with Crippen LogP contribution in [-0.2, 0) is 13.0 Å². The van der Waals surface area contributed by atoms with Crippen LogP contribution in [0, 0.1) is 0 Å². The van der Waals surface area contributed by atoms with E-state index in [1.54, 1.807) is 6.07 Å². The van der Waals surface area contributed by atoms with Crippen molar-refractivity contribution in [1.29, 1.82) is 0 Å². The van der Waals surface area contributed by atoms with Crippen LogP contribution >= 0.6 is 0 Å². The summed E-state index contributed by atoms with van der Waals surface area (Å²) in [6, 6.07) is 13.1. The second-order valence-electron chi connectivity index (χ2n) is 9.05. The molecule has 2 aromatic carbocycles. The molecular weight excluding hydrogens is 402 g/mol. The molecule has 2 bridgehead atoms. The average Bonchev–Trinajstić information content (AvgIpc) is 3.57. The topological polar surface area (TPSA) is 97.0 Å². The number of H-pyrrole nitrogens is 2. The molecule has 2 fully saturated rings. The van der Waals surface area contributed by atoms with Crippen molar-refractivity contribution >= 4 is 10.9 Å². The van der Waals surface area contributed by atoms with Crippen molar-refractivity contribution in [3.63, 3.8) is 0 Å². The Kier molecular flexibility index (Phi) is 4.51. The van der Waals surface area contributed by atoms with E-state index in [1.807, 2.05) is 12.1 Å². The van der Waals surface area contributed by atoms with Gasteiger partial charge in [0.15, 0.2) is 0 Å². The Hall–Kier alpha value is -3.23. The van der Waals surface area contributed by atoms with Crippen molar-refractivity contribution in [3.8, 4) is 28.4 Å². The largest absolute Gasteiger partial charge is 0.508 e. The fraction of sp³-hybridized carbons (Fsp3) is 0.375. The summed E-state index contributed by atoms with van der Waals surface area (Å²) in [4.78, 5) is 9.72. The summed E-state index contributed by atoms with van der Waals surface area (Å²) in [7, 11) is 2.22. The Labute approximate surface area is 186 Å². The van der Waals surface area contributed by atoms with Crippen LogP contribution in [0.4, 0.5) is 0 Å². The summed E-state index contributed by atoms with van der Waals surface area (Å²) in [5, 5.41) is 26.1. The molecule has 4 aromatic rings. The van der Waals surface area contributed by atoms with Crippen LogP contribution in [0.2, 0.25) is 0 Å². The zero-order valence-corrected chi connectivity index (χ0v) is 18.3. The van der Waals surface area contributed by atoms with E-state index in [0.717, 1.165) is 65.2 Å². The molecule has 0 saturated carbocycles. The maximum Gasteiger partial charge on any atom is 0.202 e. The maximum atomic E-state index is 9.81. The molecule has 8 nitrogen and oxygen atoms in total. The molecule has 32 heavy (non-hydrogen) atoms. The van der Waals surface area contributed by atoms with Crippen LogP contribution < -0.4 is 0 Å². The van der Waals surface area contributed by atoms with Crippen LogP contribution in [0.15, 0.2) is 36.4 Å². The average molecular weight is 430 g/mol. The third kappa shape index (κ3) is 3.18. The number of aromatic nitrogens is 5. The smallest absolute Gasteiger partial charge is 0.202 e.